The van der Waals surface area contributed by atoms with Crippen LogP contribution in [0.2, 0.25) is 0 Å². The van der Waals surface area contributed by atoms with Crippen molar-refractivity contribution in [2.75, 3.05) is 13.1 Å². The molecular weight excluding hydrogens is 344 g/mol. The smallest absolute Gasteiger partial charge is 0.220 e. The molecule has 0 aromatic carbocycles. The number of piperidine rings is 1. The quantitative estimate of drug-likeness (QED) is 0.819. The van der Waals surface area contributed by atoms with Crippen LogP contribution in [-0.2, 0) is 30.6 Å². The van der Waals surface area contributed by atoms with Crippen molar-refractivity contribution in [1.82, 2.24) is 20.4 Å². The van der Waals surface area contributed by atoms with E-state index in [2.05, 4.69) is 37.9 Å². The normalized spacial score (nSPS) is 18.6. The van der Waals surface area contributed by atoms with Gasteiger partial charge in [0.15, 0.2) is 0 Å². The minimum absolute atomic E-state index is 0.175. The number of fused-ring (bicyclic) bond motifs is 1. The second kappa shape index (κ2) is 8.35. The third-order valence-corrected chi connectivity index (χ3v) is 6.50. The molecule has 2 aromatic rings. The molecule has 0 bridgehead atoms. The van der Waals surface area contributed by atoms with Gasteiger partial charge in [0.25, 0.3) is 0 Å². The summed E-state index contributed by atoms with van der Waals surface area (Å²) in [6.07, 6.45) is 8.13. The van der Waals surface area contributed by atoms with Crippen LogP contribution in [0, 0.1) is 0 Å². The van der Waals surface area contributed by atoms with Crippen LogP contribution in [0.4, 0.5) is 0 Å². The van der Waals surface area contributed by atoms with E-state index in [1.54, 1.807) is 0 Å². The fourth-order valence-electron chi connectivity index (χ4n) is 4.15. The number of nitrogens with zero attached hydrogens (tertiary/aromatic N) is 2. The number of nitrogens with one attached hydrogen (secondary N) is 2. The maximum atomic E-state index is 12.4. The molecule has 140 valence electrons. The van der Waals surface area contributed by atoms with Gasteiger partial charge in [-0.1, -0.05) is 6.07 Å². The third-order valence-electron chi connectivity index (χ3n) is 5.64. The molecule has 2 aliphatic rings. The Balaban J connectivity index is 1.19. The van der Waals surface area contributed by atoms with Gasteiger partial charge in [-0.15, -0.1) is 11.3 Å². The lowest BCUT2D eigenvalue weighted by Gasteiger charge is -2.32. The molecule has 4 rings (SSSR count). The lowest BCUT2D eigenvalue weighted by Crippen LogP contribution is -2.44. The van der Waals surface area contributed by atoms with E-state index >= 15 is 0 Å². The van der Waals surface area contributed by atoms with Gasteiger partial charge in [0, 0.05) is 49.1 Å². The van der Waals surface area contributed by atoms with Gasteiger partial charge in [0.05, 0.1) is 5.69 Å². The Morgan fingerprint density at radius 2 is 2.15 bits per heavy atom. The number of aromatic nitrogens is 2. The Morgan fingerprint density at radius 1 is 1.31 bits per heavy atom. The zero-order valence-electron chi connectivity index (χ0n) is 15.3. The standard InChI is InChI=1S/C20H28N4OS/c25-20(8-7-19-17-5-1-2-6-18(17)22-23-19)21-15-9-11-24(12-10-15)14-16-4-3-13-26-16/h3-4,13,15H,1-2,5-12,14H2,(H,21,25)(H,22,23). The van der Waals surface area contributed by atoms with E-state index in [0.717, 1.165) is 57.4 Å². The molecule has 5 nitrogen and oxygen atoms in total. The van der Waals surface area contributed by atoms with Gasteiger partial charge in [-0.05, 0) is 55.5 Å². The topological polar surface area (TPSA) is 61.0 Å². The van der Waals surface area contributed by atoms with Crippen molar-refractivity contribution in [2.24, 2.45) is 0 Å². The molecule has 1 amide bonds. The summed E-state index contributed by atoms with van der Waals surface area (Å²) < 4.78 is 0. The number of aromatic amines is 1. The van der Waals surface area contributed by atoms with E-state index in [4.69, 9.17) is 0 Å². The summed E-state index contributed by atoms with van der Waals surface area (Å²) >= 11 is 1.82. The molecule has 1 aliphatic heterocycles. The van der Waals surface area contributed by atoms with E-state index in [1.165, 1.54) is 29.0 Å². The summed E-state index contributed by atoms with van der Waals surface area (Å²) in [6.45, 7) is 3.17. The molecule has 0 unspecified atom stereocenters. The van der Waals surface area contributed by atoms with Crippen molar-refractivity contribution in [2.45, 2.75) is 64.0 Å². The summed E-state index contributed by atoms with van der Waals surface area (Å²) in [6, 6.07) is 4.64. The van der Waals surface area contributed by atoms with E-state index in [9.17, 15) is 4.79 Å². The SMILES string of the molecule is O=C(CCc1n[nH]c2c1CCCC2)NC1CCN(Cc2cccs2)CC1. The number of aryl methyl sites for hydroxylation is 2. The van der Waals surface area contributed by atoms with Crippen molar-refractivity contribution in [1.29, 1.82) is 0 Å². The summed E-state index contributed by atoms with van der Waals surface area (Å²) in [7, 11) is 0. The summed E-state index contributed by atoms with van der Waals surface area (Å²) in [5.74, 6) is 0.175. The Bertz CT molecular complexity index is 716. The first kappa shape index (κ1) is 17.7. The van der Waals surface area contributed by atoms with Crippen LogP contribution in [0.1, 0.15) is 53.9 Å². The molecule has 2 aromatic heterocycles. The molecule has 2 N–H and O–H groups in total. The highest BCUT2D eigenvalue weighted by atomic mass is 32.1. The van der Waals surface area contributed by atoms with Gasteiger partial charge in [-0.25, -0.2) is 0 Å². The maximum absolute atomic E-state index is 12.4. The van der Waals surface area contributed by atoms with Crippen LogP contribution in [0.3, 0.4) is 0 Å². The molecule has 0 saturated carbocycles. The number of carbonyl (C=O) groups excluding carboxylic acids is 1. The average Bonchev–Trinajstić information content (AvgIpc) is 3.31. The van der Waals surface area contributed by atoms with Crippen molar-refractivity contribution in [3.05, 3.63) is 39.3 Å². The van der Waals surface area contributed by atoms with Gasteiger partial charge < -0.3 is 5.32 Å². The first-order valence-electron chi connectivity index (χ1n) is 9.87. The molecule has 6 heteroatoms. The number of carbonyl (C=O) groups is 1. The summed E-state index contributed by atoms with van der Waals surface area (Å²) in [5, 5.41) is 13.0. The van der Waals surface area contributed by atoms with Gasteiger partial charge >= 0.3 is 0 Å². The van der Waals surface area contributed by atoms with Crippen LogP contribution in [0.5, 0.6) is 0 Å². The van der Waals surface area contributed by atoms with Gasteiger partial charge in [0.2, 0.25) is 5.91 Å². The highest BCUT2D eigenvalue weighted by Crippen LogP contribution is 2.23. The minimum atomic E-state index is 0.175. The molecule has 1 fully saturated rings. The average molecular weight is 373 g/mol. The van der Waals surface area contributed by atoms with Crippen molar-refractivity contribution >= 4 is 17.2 Å². The van der Waals surface area contributed by atoms with Crippen LogP contribution < -0.4 is 5.32 Å². The Kier molecular flexibility index (Phi) is 5.70. The zero-order valence-corrected chi connectivity index (χ0v) is 16.1. The third kappa shape index (κ3) is 4.35. The zero-order chi connectivity index (χ0) is 17.8. The van der Waals surface area contributed by atoms with Crippen molar-refractivity contribution in [3.8, 4) is 0 Å². The molecule has 1 aliphatic carbocycles. The molecule has 26 heavy (non-hydrogen) atoms. The Hall–Kier alpha value is -1.66. The number of amides is 1. The predicted octanol–water partition coefficient (Wildman–Crippen LogP) is 3.06. The van der Waals surface area contributed by atoms with E-state index in [0.29, 0.717) is 12.5 Å². The van der Waals surface area contributed by atoms with E-state index in [-0.39, 0.29) is 5.91 Å². The first-order valence-corrected chi connectivity index (χ1v) is 10.7. The molecule has 0 spiro atoms. The number of hydrogen-bond donors (Lipinski definition) is 2. The van der Waals surface area contributed by atoms with Crippen molar-refractivity contribution in [3.63, 3.8) is 0 Å². The Morgan fingerprint density at radius 3 is 2.96 bits per heavy atom. The van der Waals surface area contributed by atoms with Crippen LogP contribution >= 0.6 is 11.3 Å². The molecular formula is C20H28N4OS. The first-order chi connectivity index (χ1) is 12.8. The van der Waals surface area contributed by atoms with Gasteiger partial charge in [-0.2, -0.15) is 5.10 Å². The molecule has 0 radical (unpaired) electrons. The highest BCUT2D eigenvalue weighted by Gasteiger charge is 2.22. The predicted molar refractivity (Wildman–Crippen MR) is 104 cm³/mol. The van der Waals surface area contributed by atoms with Crippen LogP contribution in [0.15, 0.2) is 17.5 Å². The summed E-state index contributed by atoms with van der Waals surface area (Å²) in [5.41, 5.74) is 3.79. The minimum Gasteiger partial charge on any atom is -0.353 e. The van der Waals surface area contributed by atoms with E-state index in [1.807, 2.05) is 11.3 Å². The fourth-order valence-corrected chi connectivity index (χ4v) is 4.89. The number of thiophene rings is 1. The largest absolute Gasteiger partial charge is 0.353 e. The number of hydrogen-bond acceptors (Lipinski definition) is 4. The van der Waals surface area contributed by atoms with Crippen molar-refractivity contribution < 1.29 is 4.79 Å². The number of rotatable bonds is 6. The lowest BCUT2D eigenvalue weighted by molar-refractivity contribution is -0.122. The van der Waals surface area contributed by atoms with Crippen LogP contribution in [-0.4, -0.2) is 40.1 Å². The highest BCUT2D eigenvalue weighted by molar-refractivity contribution is 7.09. The second-order valence-corrected chi connectivity index (χ2v) is 8.56. The van der Waals surface area contributed by atoms with Crippen LogP contribution in [0.25, 0.3) is 0 Å². The van der Waals surface area contributed by atoms with Gasteiger partial charge in [-0.3, -0.25) is 14.8 Å². The van der Waals surface area contributed by atoms with E-state index < -0.39 is 0 Å². The molecule has 3 heterocycles. The monoisotopic (exact) mass is 372 g/mol. The Labute approximate surface area is 159 Å². The molecule has 1 saturated heterocycles. The fraction of sp³-hybridized carbons (Fsp3) is 0.600. The maximum Gasteiger partial charge on any atom is 0.220 e. The summed E-state index contributed by atoms with van der Waals surface area (Å²) in [4.78, 5) is 16.3. The lowest BCUT2D eigenvalue weighted by atomic mass is 9.94. The number of likely N-dealkylation sites (tertiary alicyclic amines) is 1. The molecule has 0 atom stereocenters. The second-order valence-electron chi connectivity index (χ2n) is 7.53. The van der Waals surface area contributed by atoms with Gasteiger partial charge in [0.1, 0.15) is 0 Å². The number of H-pyrrole nitrogens is 1.